The third-order valence-electron chi connectivity index (χ3n) is 4.06. The van der Waals surface area contributed by atoms with E-state index in [2.05, 4.69) is 48.6 Å². The van der Waals surface area contributed by atoms with E-state index in [9.17, 15) is 5.11 Å². The van der Waals surface area contributed by atoms with Crippen molar-refractivity contribution in [3.63, 3.8) is 0 Å². The molecule has 0 aliphatic rings. The van der Waals surface area contributed by atoms with Crippen LogP contribution < -0.4 is 0 Å². The van der Waals surface area contributed by atoms with Gasteiger partial charge in [0.15, 0.2) is 0 Å². The summed E-state index contributed by atoms with van der Waals surface area (Å²) in [6.07, 6.45) is 1.07. The number of hydrogen-bond donors (Lipinski definition) is 1. The minimum atomic E-state index is 0. The fourth-order valence-electron chi connectivity index (χ4n) is 2.94. The lowest BCUT2D eigenvalue weighted by atomic mass is 9.89. The molecule has 4 heteroatoms. The zero-order valence-corrected chi connectivity index (χ0v) is 15.0. The van der Waals surface area contributed by atoms with Crippen LogP contribution in [0.3, 0.4) is 0 Å². The van der Waals surface area contributed by atoms with Gasteiger partial charge >= 0.3 is 0 Å². The Balaban J connectivity index is 0.00000192. The molecule has 0 radical (unpaired) electrons. The molecule has 0 fully saturated rings. The highest BCUT2D eigenvalue weighted by atomic mass is 35.5. The maximum Gasteiger partial charge on any atom is 0.123 e. The SMILES string of the molecule is CN(C)CCC(c1cccs1)c1ccc(O)c2ccccc12.Cl. The molecule has 1 aromatic heterocycles. The van der Waals surface area contributed by atoms with Crippen molar-refractivity contribution in [1.29, 1.82) is 0 Å². The van der Waals surface area contributed by atoms with Crippen molar-refractivity contribution in [3.05, 3.63) is 64.4 Å². The summed E-state index contributed by atoms with van der Waals surface area (Å²) in [5, 5.41) is 14.3. The Labute approximate surface area is 147 Å². The monoisotopic (exact) mass is 347 g/mol. The number of thiophene rings is 1. The molecule has 0 amide bonds. The minimum absolute atomic E-state index is 0. The van der Waals surface area contributed by atoms with Crippen molar-refractivity contribution in [3.8, 4) is 5.75 Å². The Morgan fingerprint density at radius 2 is 1.74 bits per heavy atom. The third-order valence-corrected chi connectivity index (χ3v) is 5.05. The van der Waals surface area contributed by atoms with Crippen LogP contribution in [0.5, 0.6) is 5.75 Å². The van der Waals surface area contributed by atoms with E-state index >= 15 is 0 Å². The quantitative estimate of drug-likeness (QED) is 0.693. The van der Waals surface area contributed by atoms with Gasteiger partial charge in [-0.25, -0.2) is 0 Å². The van der Waals surface area contributed by atoms with Gasteiger partial charge in [-0.3, -0.25) is 0 Å². The fraction of sp³-hybridized carbons (Fsp3) is 0.263. The summed E-state index contributed by atoms with van der Waals surface area (Å²) in [4.78, 5) is 3.61. The molecule has 3 aromatic rings. The van der Waals surface area contributed by atoms with Gasteiger partial charge in [-0.1, -0.05) is 36.4 Å². The molecule has 0 aliphatic heterocycles. The van der Waals surface area contributed by atoms with E-state index in [4.69, 9.17) is 0 Å². The molecule has 23 heavy (non-hydrogen) atoms. The van der Waals surface area contributed by atoms with E-state index < -0.39 is 0 Å². The van der Waals surface area contributed by atoms with Gasteiger partial charge in [-0.2, -0.15) is 0 Å². The molecule has 1 heterocycles. The van der Waals surface area contributed by atoms with Crippen LogP contribution in [0, 0.1) is 0 Å². The predicted octanol–water partition coefficient (Wildman–Crippen LogP) is 5.11. The van der Waals surface area contributed by atoms with E-state index in [1.54, 1.807) is 0 Å². The number of halogens is 1. The Kier molecular flexibility index (Phi) is 6.05. The summed E-state index contributed by atoms with van der Waals surface area (Å²) in [6.45, 7) is 1.04. The van der Waals surface area contributed by atoms with Crippen LogP contribution in [0.2, 0.25) is 0 Å². The molecule has 0 saturated carbocycles. The van der Waals surface area contributed by atoms with Gasteiger partial charge in [0.1, 0.15) is 5.75 Å². The van der Waals surface area contributed by atoms with Gasteiger partial charge < -0.3 is 10.0 Å². The molecular formula is C19H22ClNOS. The summed E-state index contributed by atoms with van der Waals surface area (Å²) in [7, 11) is 4.22. The van der Waals surface area contributed by atoms with Crippen molar-refractivity contribution < 1.29 is 5.11 Å². The van der Waals surface area contributed by atoms with Crippen LogP contribution in [0.1, 0.15) is 22.8 Å². The maximum atomic E-state index is 10.1. The summed E-state index contributed by atoms with van der Waals surface area (Å²) >= 11 is 1.81. The molecule has 0 aliphatic carbocycles. The van der Waals surface area contributed by atoms with Crippen LogP contribution in [0.4, 0.5) is 0 Å². The molecule has 0 spiro atoms. The highest BCUT2D eigenvalue weighted by molar-refractivity contribution is 7.10. The highest BCUT2D eigenvalue weighted by Crippen LogP contribution is 2.38. The second kappa shape index (κ2) is 7.82. The van der Waals surface area contributed by atoms with Gasteiger partial charge in [0.25, 0.3) is 0 Å². The first-order valence-electron chi connectivity index (χ1n) is 7.55. The van der Waals surface area contributed by atoms with Crippen molar-refractivity contribution >= 4 is 34.5 Å². The first-order chi connectivity index (χ1) is 10.7. The summed E-state index contributed by atoms with van der Waals surface area (Å²) < 4.78 is 0. The van der Waals surface area contributed by atoms with Crippen molar-refractivity contribution in [2.24, 2.45) is 0 Å². The average molecular weight is 348 g/mol. The first kappa shape index (κ1) is 17.8. The molecule has 122 valence electrons. The summed E-state index contributed by atoms with van der Waals surface area (Å²) in [6, 6.07) is 16.4. The van der Waals surface area contributed by atoms with Crippen molar-refractivity contribution in [1.82, 2.24) is 4.90 Å². The third kappa shape index (κ3) is 3.86. The molecule has 3 rings (SSSR count). The van der Waals surface area contributed by atoms with Gasteiger partial charge in [0.05, 0.1) is 0 Å². The Hall–Kier alpha value is -1.55. The fourth-order valence-corrected chi connectivity index (χ4v) is 3.82. The Bertz CT molecular complexity index is 755. The molecule has 0 saturated heterocycles. The smallest absolute Gasteiger partial charge is 0.123 e. The second-order valence-electron chi connectivity index (χ2n) is 5.88. The number of nitrogens with zero attached hydrogens (tertiary/aromatic N) is 1. The molecule has 0 bridgehead atoms. The maximum absolute atomic E-state index is 10.1. The average Bonchev–Trinajstić information content (AvgIpc) is 3.04. The number of phenols is 1. The molecule has 2 aromatic carbocycles. The molecule has 1 unspecified atom stereocenters. The number of aromatic hydroxyl groups is 1. The first-order valence-corrected chi connectivity index (χ1v) is 8.43. The zero-order chi connectivity index (χ0) is 15.5. The molecule has 1 atom stereocenters. The van der Waals surface area contributed by atoms with E-state index in [-0.39, 0.29) is 12.4 Å². The molecule has 1 N–H and O–H groups in total. The van der Waals surface area contributed by atoms with Crippen molar-refractivity contribution in [2.75, 3.05) is 20.6 Å². The number of rotatable bonds is 5. The lowest BCUT2D eigenvalue weighted by molar-refractivity contribution is 0.391. The summed E-state index contributed by atoms with van der Waals surface area (Å²) in [5.41, 5.74) is 1.30. The van der Waals surface area contributed by atoms with E-state index in [1.807, 2.05) is 35.6 Å². The standard InChI is InChI=1S/C19H21NOS.ClH/c1-20(2)12-11-17(19-8-5-13-22-19)15-9-10-18(21)16-7-4-3-6-14(15)16;/h3-10,13,17,21H,11-12H2,1-2H3;1H. The highest BCUT2D eigenvalue weighted by Gasteiger charge is 2.18. The van der Waals surface area contributed by atoms with Crippen molar-refractivity contribution in [2.45, 2.75) is 12.3 Å². The van der Waals surface area contributed by atoms with Gasteiger partial charge in [-0.15, -0.1) is 23.7 Å². The normalized spacial score (nSPS) is 12.3. The number of fused-ring (bicyclic) bond motifs is 1. The Morgan fingerprint density at radius 1 is 1.00 bits per heavy atom. The molecule has 2 nitrogen and oxygen atoms in total. The largest absolute Gasteiger partial charge is 0.507 e. The zero-order valence-electron chi connectivity index (χ0n) is 13.4. The lowest BCUT2D eigenvalue weighted by Gasteiger charge is -2.21. The van der Waals surface area contributed by atoms with Crippen LogP contribution >= 0.6 is 23.7 Å². The van der Waals surface area contributed by atoms with Gasteiger partial charge in [0, 0.05) is 16.2 Å². The van der Waals surface area contributed by atoms with Gasteiger partial charge in [0.2, 0.25) is 0 Å². The second-order valence-corrected chi connectivity index (χ2v) is 6.86. The number of phenolic OH excluding ortho intramolecular Hbond substituents is 1. The van der Waals surface area contributed by atoms with Crippen LogP contribution in [0.25, 0.3) is 10.8 Å². The van der Waals surface area contributed by atoms with E-state index in [0.29, 0.717) is 11.7 Å². The Morgan fingerprint density at radius 3 is 2.39 bits per heavy atom. The van der Waals surface area contributed by atoms with E-state index in [1.165, 1.54) is 10.4 Å². The molecular weight excluding hydrogens is 326 g/mol. The topological polar surface area (TPSA) is 23.5 Å². The van der Waals surface area contributed by atoms with Crippen LogP contribution in [-0.2, 0) is 0 Å². The van der Waals surface area contributed by atoms with Gasteiger partial charge in [-0.05, 0) is 55.5 Å². The van der Waals surface area contributed by atoms with Crippen LogP contribution in [0.15, 0.2) is 53.9 Å². The van der Waals surface area contributed by atoms with Crippen LogP contribution in [-0.4, -0.2) is 30.6 Å². The number of benzene rings is 2. The minimum Gasteiger partial charge on any atom is -0.507 e. The lowest BCUT2D eigenvalue weighted by Crippen LogP contribution is -2.16. The predicted molar refractivity (Wildman–Crippen MR) is 102 cm³/mol. The number of hydrogen-bond acceptors (Lipinski definition) is 3. The summed E-state index contributed by atoms with van der Waals surface area (Å²) in [5.74, 6) is 0.727. The van der Waals surface area contributed by atoms with E-state index in [0.717, 1.165) is 23.7 Å².